The number of H-pyrrole nitrogens is 1. The predicted molar refractivity (Wildman–Crippen MR) is 170 cm³/mol. The minimum absolute atomic E-state index is 0.0332. The predicted octanol–water partition coefficient (Wildman–Crippen LogP) is 3.62. The van der Waals surface area contributed by atoms with E-state index in [0.717, 1.165) is 56.3 Å². The summed E-state index contributed by atoms with van der Waals surface area (Å²) in [5.74, 6) is 0.911. The lowest BCUT2D eigenvalue weighted by Crippen LogP contribution is -2.49. The van der Waals surface area contributed by atoms with Gasteiger partial charge in [0.1, 0.15) is 0 Å². The van der Waals surface area contributed by atoms with Crippen LogP contribution >= 0.6 is 0 Å². The number of benzene rings is 2. The van der Waals surface area contributed by atoms with E-state index >= 15 is 0 Å². The highest BCUT2D eigenvalue weighted by atomic mass is 32.2. The standard InChI is InChI=1S/C32H41N7O4S/c1-22-10-13-28(23(2)19-22)44(42,43)32-30-34-31(41)26-12-11-25(20-27(26)39(30)36-35-32)38-17-15-37(16-18-38)21-29(40)33-14-6-9-24-7-4-3-5-8-24/h10-13,19-20,24,36H,3-9,14-18,21H2,1-2H3,(H,33,40). The van der Waals surface area contributed by atoms with Crippen LogP contribution in [0.25, 0.3) is 16.6 Å². The number of piperazine rings is 1. The molecule has 234 valence electrons. The first kappa shape index (κ1) is 30.3. The average Bonchev–Trinajstić information content (AvgIpc) is 3.45. The molecular weight excluding hydrogens is 578 g/mol. The van der Waals surface area contributed by atoms with Gasteiger partial charge in [-0.2, -0.15) is 4.98 Å². The molecule has 1 amide bonds. The number of nitrogens with zero attached hydrogens (tertiary/aromatic N) is 5. The Bertz CT molecular complexity index is 1830. The molecule has 1 saturated carbocycles. The largest absolute Gasteiger partial charge is 0.369 e. The van der Waals surface area contributed by atoms with Gasteiger partial charge in [-0.05, 0) is 62.4 Å². The molecule has 11 nitrogen and oxygen atoms in total. The Morgan fingerprint density at radius 3 is 2.55 bits per heavy atom. The van der Waals surface area contributed by atoms with Crippen molar-refractivity contribution in [3.8, 4) is 0 Å². The highest BCUT2D eigenvalue weighted by Gasteiger charge is 2.28. The number of rotatable bonds is 9. The molecule has 0 unspecified atom stereocenters. The second-order valence-electron chi connectivity index (χ2n) is 12.3. The molecule has 1 saturated heterocycles. The quantitative estimate of drug-likeness (QED) is 0.272. The Hall–Kier alpha value is -3.77. The molecular formula is C32H41N7O4S. The van der Waals surface area contributed by atoms with Gasteiger partial charge in [-0.1, -0.05) is 49.8 Å². The zero-order valence-electron chi connectivity index (χ0n) is 25.5. The van der Waals surface area contributed by atoms with Crippen molar-refractivity contribution in [2.45, 2.75) is 68.7 Å². The second kappa shape index (κ2) is 12.7. The van der Waals surface area contributed by atoms with Crippen LogP contribution in [0.15, 0.2) is 51.1 Å². The van der Waals surface area contributed by atoms with E-state index in [1.54, 1.807) is 31.2 Å². The summed E-state index contributed by atoms with van der Waals surface area (Å²) in [6.45, 7) is 7.69. The van der Waals surface area contributed by atoms with Gasteiger partial charge in [-0.3, -0.25) is 14.5 Å². The molecule has 0 spiro atoms. The first-order valence-corrected chi connectivity index (χ1v) is 17.2. The van der Waals surface area contributed by atoms with Gasteiger partial charge in [0.2, 0.25) is 20.8 Å². The number of fused-ring (bicyclic) bond motifs is 3. The number of hydrogen-bond donors (Lipinski definition) is 2. The van der Waals surface area contributed by atoms with E-state index in [2.05, 4.69) is 30.4 Å². The minimum atomic E-state index is -4.03. The van der Waals surface area contributed by atoms with Gasteiger partial charge >= 0.3 is 0 Å². The Morgan fingerprint density at radius 1 is 1.02 bits per heavy atom. The Labute approximate surface area is 257 Å². The van der Waals surface area contributed by atoms with Gasteiger partial charge < -0.3 is 10.2 Å². The summed E-state index contributed by atoms with van der Waals surface area (Å²) in [4.78, 5) is 34.2. The van der Waals surface area contributed by atoms with Crippen molar-refractivity contribution in [2.24, 2.45) is 5.92 Å². The van der Waals surface area contributed by atoms with Gasteiger partial charge in [0, 0.05) is 38.4 Å². The summed E-state index contributed by atoms with van der Waals surface area (Å²) in [6.07, 6.45) is 9.01. The molecule has 6 rings (SSSR count). The summed E-state index contributed by atoms with van der Waals surface area (Å²) >= 11 is 0. The monoisotopic (exact) mass is 619 g/mol. The van der Waals surface area contributed by atoms with Crippen molar-refractivity contribution >= 4 is 38.0 Å². The SMILES string of the molecule is Cc1ccc(S(=O)(=O)c2n[nH]n3c2nc(=O)c2ccc(N4CCN(CC(=O)NCCCC5CCCCC5)CC4)cc23)c(C)c1. The van der Waals surface area contributed by atoms with Crippen molar-refractivity contribution in [1.29, 1.82) is 0 Å². The minimum Gasteiger partial charge on any atom is -0.369 e. The zero-order valence-corrected chi connectivity index (χ0v) is 26.3. The van der Waals surface area contributed by atoms with E-state index in [1.807, 2.05) is 19.1 Å². The number of nitrogens with one attached hydrogen (secondary N) is 2. The van der Waals surface area contributed by atoms with Crippen LogP contribution in [-0.4, -0.2) is 78.3 Å². The topological polar surface area (TPSA) is 133 Å². The first-order chi connectivity index (χ1) is 21.2. The van der Waals surface area contributed by atoms with Crippen LogP contribution in [0.5, 0.6) is 0 Å². The van der Waals surface area contributed by atoms with E-state index in [0.29, 0.717) is 23.0 Å². The van der Waals surface area contributed by atoms with Crippen LogP contribution < -0.4 is 15.8 Å². The van der Waals surface area contributed by atoms with Gasteiger partial charge in [0.15, 0.2) is 5.65 Å². The molecule has 2 aromatic carbocycles. The highest BCUT2D eigenvalue weighted by Crippen LogP contribution is 2.28. The molecule has 1 aliphatic heterocycles. The number of carbonyl (C=O) groups excluding carboxylic acids is 1. The molecule has 2 aromatic heterocycles. The maximum absolute atomic E-state index is 13.6. The molecule has 2 fully saturated rings. The smallest absolute Gasteiger partial charge is 0.281 e. The summed E-state index contributed by atoms with van der Waals surface area (Å²) in [6, 6.07) is 10.6. The van der Waals surface area contributed by atoms with Gasteiger partial charge in [-0.15, -0.1) is 5.10 Å². The molecule has 3 heterocycles. The van der Waals surface area contributed by atoms with Crippen LogP contribution in [-0.2, 0) is 14.6 Å². The van der Waals surface area contributed by atoms with Crippen LogP contribution in [0.2, 0.25) is 0 Å². The summed E-state index contributed by atoms with van der Waals surface area (Å²) in [5.41, 5.74) is 2.40. The van der Waals surface area contributed by atoms with Crippen LogP contribution in [0, 0.1) is 19.8 Å². The van der Waals surface area contributed by atoms with E-state index in [-0.39, 0.29) is 21.5 Å². The van der Waals surface area contributed by atoms with Crippen molar-refractivity contribution in [3.05, 3.63) is 57.9 Å². The molecule has 0 bridgehead atoms. The van der Waals surface area contributed by atoms with E-state index in [1.165, 1.54) is 43.0 Å². The normalized spacial score (nSPS) is 17.0. The Balaban J connectivity index is 1.12. The molecule has 0 atom stereocenters. The average molecular weight is 620 g/mol. The molecule has 0 radical (unpaired) electrons. The van der Waals surface area contributed by atoms with Gasteiger partial charge in [0.25, 0.3) is 5.56 Å². The second-order valence-corrected chi connectivity index (χ2v) is 14.2. The van der Waals surface area contributed by atoms with Crippen molar-refractivity contribution in [1.82, 2.24) is 30.0 Å². The highest BCUT2D eigenvalue weighted by molar-refractivity contribution is 7.91. The maximum Gasteiger partial charge on any atom is 0.281 e. The fourth-order valence-electron chi connectivity index (χ4n) is 6.70. The fourth-order valence-corrected chi connectivity index (χ4v) is 8.17. The lowest BCUT2D eigenvalue weighted by Gasteiger charge is -2.35. The third kappa shape index (κ3) is 6.23. The summed E-state index contributed by atoms with van der Waals surface area (Å²) in [5, 5.41) is 10.1. The van der Waals surface area contributed by atoms with Crippen molar-refractivity contribution in [3.63, 3.8) is 0 Å². The van der Waals surface area contributed by atoms with Gasteiger partial charge in [-0.25, -0.2) is 18.1 Å². The number of aromatic nitrogens is 4. The number of amides is 1. The third-order valence-corrected chi connectivity index (χ3v) is 10.9. The zero-order chi connectivity index (χ0) is 30.8. The molecule has 1 aliphatic carbocycles. The van der Waals surface area contributed by atoms with Crippen LogP contribution in [0.3, 0.4) is 0 Å². The Kier molecular flexibility index (Phi) is 8.73. The van der Waals surface area contributed by atoms with E-state index in [4.69, 9.17) is 0 Å². The number of carbonyl (C=O) groups is 1. The molecule has 12 heteroatoms. The van der Waals surface area contributed by atoms with Gasteiger partial charge in [0.05, 0.1) is 22.3 Å². The third-order valence-electron chi connectivity index (χ3n) is 9.13. The molecule has 4 aromatic rings. The van der Waals surface area contributed by atoms with Crippen LogP contribution in [0.1, 0.15) is 56.1 Å². The Morgan fingerprint density at radius 2 is 1.80 bits per heavy atom. The molecule has 2 N–H and O–H groups in total. The van der Waals surface area contributed by atoms with E-state index in [9.17, 15) is 18.0 Å². The summed E-state index contributed by atoms with van der Waals surface area (Å²) < 4.78 is 28.6. The maximum atomic E-state index is 13.6. The first-order valence-electron chi connectivity index (χ1n) is 15.7. The number of aromatic amines is 1. The number of anilines is 1. The fraction of sp³-hybridized carbons (Fsp3) is 0.500. The van der Waals surface area contributed by atoms with Crippen molar-refractivity contribution in [2.75, 3.05) is 44.2 Å². The lowest BCUT2D eigenvalue weighted by molar-refractivity contribution is -0.122. The summed E-state index contributed by atoms with van der Waals surface area (Å²) in [7, 11) is -4.03. The van der Waals surface area contributed by atoms with E-state index < -0.39 is 15.4 Å². The van der Waals surface area contributed by atoms with Crippen molar-refractivity contribution < 1.29 is 13.2 Å². The number of sulfone groups is 1. The number of aryl methyl sites for hydroxylation is 2. The number of hydrogen-bond acceptors (Lipinski definition) is 8. The molecule has 2 aliphatic rings. The molecule has 44 heavy (non-hydrogen) atoms. The van der Waals surface area contributed by atoms with Crippen LogP contribution in [0.4, 0.5) is 5.69 Å². The lowest BCUT2D eigenvalue weighted by atomic mass is 9.86.